The van der Waals surface area contributed by atoms with Crippen LogP contribution in [0.3, 0.4) is 0 Å². The summed E-state index contributed by atoms with van der Waals surface area (Å²) in [7, 11) is 1.28. The van der Waals surface area contributed by atoms with Crippen LogP contribution in [0.4, 0.5) is 0 Å². The maximum atomic E-state index is 11.5. The van der Waals surface area contributed by atoms with Gasteiger partial charge in [0, 0.05) is 10.9 Å². The molecule has 0 spiro atoms. The van der Waals surface area contributed by atoms with Crippen LogP contribution in [0.2, 0.25) is 0 Å². The predicted octanol–water partition coefficient (Wildman–Crippen LogP) is 2.74. The lowest BCUT2D eigenvalue weighted by molar-refractivity contribution is 0.0597. The van der Waals surface area contributed by atoms with Gasteiger partial charge in [-0.25, -0.2) is 4.79 Å². The Bertz CT molecular complexity index is 701. The van der Waals surface area contributed by atoms with Crippen molar-refractivity contribution >= 4 is 22.8 Å². The highest BCUT2D eigenvalue weighted by Gasteiger charge is 2.16. The summed E-state index contributed by atoms with van der Waals surface area (Å²) in [6.07, 6.45) is 3.90. The average Bonchev–Trinajstić information content (AvgIpc) is 2.45. The molecular formula is C15H12O4. The molecule has 1 aliphatic rings. The van der Waals surface area contributed by atoms with Crippen LogP contribution >= 0.6 is 0 Å². The minimum absolute atomic E-state index is 0.106. The number of hydrogen-bond acceptors (Lipinski definition) is 4. The Morgan fingerprint density at radius 2 is 2.21 bits per heavy atom. The van der Waals surface area contributed by atoms with E-state index in [1.54, 1.807) is 12.1 Å². The maximum absolute atomic E-state index is 11.5. The summed E-state index contributed by atoms with van der Waals surface area (Å²) >= 11 is 0. The van der Waals surface area contributed by atoms with Crippen molar-refractivity contribution in [1.29, 1.82) is 0 Å². The summed E-state index contributed by atoms with van der Waals surface area (Å²) in [5.74, 6) is 0.0653. The Kier molecular flexibility index (Phi) is 2.63. The van der Waals surface area contributed by atoms with E-state index >= 15 is 0 Å². The lowest BCUT2D eigenvalue weighted by Gasteiger charge is -2.15. The first-order valence-corrected chi connectivity index (χ1v) is 5.88. The zero-order chi connectivity index (χ0) is 13.4. The molecule has 3 rings (SSSR count). The molecule has 1 heterocycles. The lowest BCUT2D eigenvalue weighted by Crippen LogP contribution is -2.03. The molecule has 96 valence electrons. The van der Waals surface area contributed by atoms with Gasteiger partial charge < -0.3 is 14.6 Å². The first-order chi connectivity index (χ1) is 9.20. The lowest BCUT2D eigenvalue weighted by atomic mass is 10.0. The van der Waals surface area contributed by atoms with Gasteiger partial charge in [-0.05, 0) is 23.6 Å². The zero-order valence-corrected chi connectivity index (χ0v) is 10.3. The zero-order valence-electron chi connectivity index (χ0n) is 10.3. The number of carbonyl (C=O) groups is 1. The average molecular weight is 256 g/mol. The fraction of sp³-hybridized carbons (Fsp3) is 0.133. The number of methoxy groups -OCH3 is 1. The number of phenolic OH excluding ortho intramolecular Hbond substituents is 1. The summed E-state index contributed by atoms with van der Waals surface area (Å²) in [6, 6.07) is 6.96. The first-order valence-electron chi connectivity index (χ1n) is 5.88. The largest absolute Gasteiger partial charge is 0.507 e. The molecule has 0 saturated carbocycles. The molecule has 0 amide bonds. The number of phenols is 1. The maximum Gasteiger partial charge on any atom is 0.341 e. The predicted molar refractivity (Wildman–Crippen MR) is 71.5 cm³/mol. The molecule has 19 heavy (non-hydrogen) atoms. The summed E-state index contributed by atoms with van der Waals surface area (Å²) < 4.78 is 10.2. The van der Waals surface area contributed by atoms with Crippen LogP contribution in [0.25, 0.3) is 16.8 Å². The molecule has 0 radical (unpaired) electrons. The van der Waals surface area contributed by atoms with Crippen LogP contribution in [0.15, 0.2) is 30.3 Å². The van der Waals surface area contributed by atoms with Gasteiger partial charge in [-0.1, -0.05) is 18.2 Å². The van der Waals surface area contributed by atoms with Crippen LogP contribution < -0.4 is 4.74 Å². The summed E-state index contributed by atoms with van der Waals surface area (Å²) in [5, 5.41) is 11.5. The Morgan fingerprint density at radius 1 is 1.37 bits per heavy atom. The van der Waals surface area contributed by atoms with E-state index in [0.29, 0.717) is 6.61 Å². The highest BCUT2D eigenvalue weighted by molar-refractivity contribution is 6.01. The van der Waals surface area contributed by atoms with Crippen molar-refractivity contribution in [2.24, 2.45) is 0 Å². The molecule has 0 unspecified atom stereocenters. The molecule has 0 fully saturated rings. The van der Waals surface area contributed by atoms with Crippen molar-refractivity contribution in [2.45, 2.75) is 0 Å². The minimum Gasteiger partial charge on any atom is -0.507 e. The highest BCUT2D eigenvalue weighted by Crippen LogP contribution is 2.36. The molecule has 4 nitrogen and oxygen atoms in total. The number of rotatable bonds is 1. The van der Waals surface area contributed by atoms with Gasteiger partial charge >= 0.3 is 5.97 Å². The third-order valence-corrected chi connectivity index (χ3v) is 3.14. The first kappa shape index (κ1) is 11.6. The number of benzene rings is 2. The molecule has 2 aromatic carbocycles. The SMILES string of the molecule is COC(=O)c1cc2ccc3c(c2cc1O)OCC=C3. The van der Waals surface area contributed by atoms with E-state index in [0.717, 1.165) is 22.1 Å². The number of carbonyl (C=O) groups excluding carboxylic acids is 1. The third kappa shape index (κ3) is 1.81. The van der Waals surface area contributed by atoms with Gasteiger partial charge in [0.05, 0.1) is 7.11 Å². The van der Waals surface area contributed by atoms with Crippen LogP contribution in [0, 0.1) is 0 Å². The van der Waals surface area contributed by atoms with Crippen LogP contribution in [-0.2, 0) is 4.74 Å². The van der Waals surface area contributed by atoms with E-state index in [-0.39, 0.29) is 11.3 Å². The van der Waals surface area contributed by atoms with Crippen LogP contribution in [0.1, 0.15) is 15.9 Å². The third-order valence-electron chi connectivity index (χ3n) is 3.14. The molecule has 1 N–H and O–H groups in total. The van der Waals surface area contributed by atoms with Gasteiger partial charge in [0.2, 0.25) is 0 Å². The molecule has 4 heteroatoms. The van der Waals surface area contributed by atoms with Gasteiger partial charge in [0.15, 0.2) is 0 Å². The summed E-state index contributed by atoms with van der Waals surface area (Å²) in [5.41, 5.74) is 1.12. The topological polar surface area (TPSA) is 55.8 Å². The summed E-state index contributed by atoms with van der Waals surface area (Å²) in [4.78, 5) is 11.5. The van der Waals surface area contributed by atoms with Gasteiger partial charge in [-0.3, -0.25) is 0 Å². The van der Waals surface area contributed by atoms with E-state index in [1.807, 2.05) is 24.3 Å². The number of esters is 1. The highest BCUT2D eigenvalue weighted by atomic mass is 16.5. The Balaban J connectivity index is 2.27. The van der Waals surface area contributed by atoms with Crippen LogP contribution in [-0.4, -0.2) is 24.8 Å². The standard InChI is InChI=1S/C15H12O4/c1-18-15(17)12-7-10-5-4-9-3-2-6-19-14(9)11(10)8-13(12)16/h2-5,7-8,16H,6H2,1H3. The normalized spacial score (nSPS) is 12.9. The van der Waals surface area contributed by atoms with Crippen LogP contribution in [0.5, 0.6) is 11.5 Å². The van der Waals surface area contributed by atoms with Gasteiger partial charge in [-0.2, -0.15) is 0 Å². The Labute approximate surface area is 109 Å². The Hall–Kier alpha value is -2.49. The van der Waals surface area contributed by atoms with Crippen molar-refractivity contribution in [3.63, 3.8) is 0 Å². The van der Waals surface area contributed by atoms with E-state index < -0.39 is 5.97 Å². The quantitative estimate of drug-likeness (QED) is 0.797. The fourth-order valence-electron chi connectivity index (χ4n) is 2.22. The van der Waals surface area contributed by atoms with E-state index in [1.165, 1.54) is 7.11 Å². The monoisotopic (exact) mass is 256 g/mol. The molecule has 2 aromatic rings. The smallest absolute Gasteiger partial charge is 0.341 e. The molecule has 0 aromatic heterocycles. The number of fused-ring (bicyclic) bond motifs is 3. The van der Waals surface area contributed by atoms with E-state index in [4.69, 9.17) is 4.74 Å². The van der Waals surface area contributed by atoms with Gasteiger partial charge in [-0.15, -0.1) is 0 Å². The fourth-order valence-corrected chi connectivity index (χ4v) is 2.22. The van der Waals surface area contributed by atoms with Gasteiger partial charge in [0.25, 0.3) is 0 Å². The molecule has 0 saturated heterocycles. The van der Waals surface area contributed by atoms with Crippen molar-refractivity contribution in [1.82, 2.24) is 0 Å². The van der Waals surface area contributed by atoms with Crippen molar-refractivity contribution < 1.29 is 19.4 Å². The van der Waals surface area contributed by atoms with Gasteiger partial charge in [0.1, 0.15) is 23.7 Å². The Morgan fingerprint density at radius 3 is 3.00 bits per heavy atom. The van der Waals surface area contributed by atoms with E-state index in [9.17, 15) is 9.90 Å². The molecule has 0 atom stereocenters. The summed E-state index contributed by atoms with van der Waals surface area (Å²) in [6.45, 7) is 0.506. The number of hydrogen-bond donors (Lipinski definition) is 1. The number of aromatic hydroxyl groups is 1. The van der Waals surface area contributed by atoms with Crippen molar-refractivity contribution in [3.8, 4) is 11.5 Å². The molecule has 0 aliphatic carbocycles. The van der Waals surface area contributed by atoms with E-state index in [2.05, 4.69) is 4.74 Å². The number of ether oxygens (including phenoxy) is 2. The molecule has 1 aliphatic heterocycles. The van der Waals surface area contributed by atoms with Crippen molar-refractivity contribution in [3.05, 3.63) is 41.5 Å². The molecule has 0 bridgehead atoms. The molecular weight excluding hydrogens is 244 g/mol. The second-order valence-corrected chi connectivity index (χ2v) is 4.28. The minimum atomic E-state index is -0.557. The second kappa shape index (κ2) is 4.31. The van der Waals surface area contributed by atoms with Crippen molar-refractivity contribution in [2.75, 3.05) is 13.7 Å². The second-order valence-electron chi connectivity index (χ2n) is 4.28.